The van der Waals surface area contributed by atoms with Crippen molar-refractivity contribution in [3.8, 4) is 0 Å². The minimum Gasteiger partial charge on any atom is -0.388 e. The summed E-state index contributed by atoms with van der Waals surface area (Å²) in [7, 11) is 0. The van der Waals surface area contributed by atoms with E-state index in [1.165, 1.54) is 12.1 Å². The summed E-state index contributed by atoms with van der Waals surface area (Å²) in [6, 6.07) is 5.95. The van der Waals surface area contributed by atoms with Crippen LogP contribution in [0.5, 0.6) is 0 Å². The molecule has 1 aromatic rings. The van der Waals surface area contributed by atoms with Gasteiger partial charge in [-0.25, -0.2) is 0 Å². The fraction of sp³-hybridized carbons (Fsp3) is 0.364. The first-order valence-electron chi connectivity index (χ1n) is 5.03. The highest BCUT2D eigenvalue weighted by atomic mass is 127. The number of ketones is 1. The van der Waals surface area contributed by atoms with Gasteiger partial charge < -0.3 is 8.17 Å². The molecule has 1 aromatic carbocycles. The van der Waals surface area contributed by atoms with E-state index in [4.69, 9.17) is 0 Å². The molecule has 1 aliphatic rings. The molecule has 0 spiro atoms. The van der Waals surface area contributed by atoms with E-state index in [9.17, 15) is 23.1 Å². The topological polar surface area (TPSA) is 46.5 Å². The molecule has 3 unspecified atom stereocenters. The lowest BCUT2D eigenvalue weighted by Gasteiger charge is -2.24. The summed E-state index contributed by atoms with van der Waals surface area (Å²) < 4.78 is 42.6. The van der Waals surface area contributed by atoms with Gasteiger partial charge in [0, 0.05) is 5.56 Å². The Balaban J connectivity index is 2.41. The van der Waals surface area contributed by atoms with Gasteiger partial charge in [0.05, 0.1) is 12.0 Å². The summed E-state index contributed by atoms with van der Waals surface area (Å²) >= 11 is 1.10. The van der Waals surface area contributed by atoms with Crippen molar-refractivity contribution in [1.82, 2.24) is 0 Å². The molecule has 98 valence electrons. The zero-order valence-corrected chi connectivity index (χ0v) is 11.0. The van der Waals surface area contributed by atoms with Crippen molar-refractivity contribution in [2.24, 2.45) is 5.92 Å². The highest BCUT2D eigenvalue weighted by molar-refractivity contribution is 14.1. The van der Waals surface area contributed by atoms with Gasteiger partial charge in [-0.3, -0.25) is 4.79 Å². The maximum Gasteiger partial charge on any atom is 0.416 e. The number of alkyl halides is 3. The Bertz CT molecular complexity index is 475. The van der Waals surface area contributed by atoms with E-state index in [0.717, 1.165) is 23.0 Å². The number of hydrogen-bond donors (Lipinski definition) is 1. The Kier molecular flexibility index (Phi) is 3.65. The molecule has 1 aliphatic carbocycles. The number of fused-ring (bicyclic) bond motifs is 1. The van der Waals surface area contributed by atoms with E-state index >= 15 is 0 Å². The Morgan fingerprint density at radius 2 is 1.94 bits per heavy atom. The molecule has 1 N–H and O–H groups in total. The van der Waals surface area contributed by atoms with Gasteiger partial charge in [-0.1, -0.05) is 24.3 Å². The minimum absolute atomic E-state index is 0.123. The van der Waals surface area contributed by atoms with E-state index in [-0.39, 0.29) is 11.1 Å². The van der Waals surface area contributed by atoms with Crippen LogP contribution in [0, 0.1) is 5.92 Å². The molecular formula is C11H8F3IO3. The number of hydrogen-bond acceptors (Lipinski definition) is 3. The molecule has 7 heteroatoms. The molecule has 0 bridgehead atoms. The molecule has 0 saturated heterocycles. The van der Waals surface area contributed by atoms with E-state index in [1.54, 1.807) is 12.1 Å². The Morgan fingerprint density at radius 3 is 2.44 bits per heavy atom. The van der Waals surface area contributed by atoms with Crippen LogP contribution in [0.4, 0.5) is 13.2 Å². The van der Waals surface area contributed by atoms with E-state index in [0.29, 0.717) is 0 Å². The van der Waals surface area contributed by atoms with Gasteiger partial charge in [-0.2, -0.15) is 13.2 Å². The van der Waals surface area contributed by atoms with Crippen molar-refractivity contribution < 1.29 is 26.1 Å². The number of aliphatic hydroxyl groups is 1. The van der Waals surface area contributed by atoms with Crippen LogP contribution in [0.25, 0.3) is 0 Å². The van der Waals surface area contributed by atoms with Gasteiger partial charge in [0.15, 0.2) is 11.9 Å². The predicted octanol–water partition coefficient (Wildman–Crippen LogP) is 2.83. The third kappa shape index (κ3) is 2.14. The summed E-state index contributed by atoms with van der Waals surface area (Å²) in [4.78, 5) is 11.9. The lowest BCUT2D eigenvalue weighted by atomic mass is 9.95. The van der Waals surface area contributed by atoms with Gasteiger partial charge in [0.25, 0.3) is 0 Å². The zero-order chi connectivity index (χ0) is 13.5. The van der Waals surface area contributed by atoms with Crippen LogP contribution in [-0.2, 0) is 3.07 Å². The number of Topliss-reactive ketones (excluding diaryl/α,β-unsaturated/α-hetero) is 1. The number of halogens is 4. The molecule has 0 fully saturated rings. The Morgan fingerprint density at radius 1 is 1.33 bits per heavy atom. The molecule has 0 heterocycles. The average Bonchev–Trinajstić information content (AvgIpc) is 2.54. The van der Waals surface area contributed by atoms with Crippen molar-refractivity contribution in [3.63, 3.8) is 0 Å². The highest BCUT2D eigenvalue weighted by Gasteiger charge is 2.54. The fourth-order valence-corrected chi connectivity index (χ4v) is 2.71. The van der Waals surface area contributed by atoms with Crippen LogP contribution < -0.4 is 0 Å². The number of aliphatic hydroxyl groups excluding tert-OH is 1. The smallest absolute Gasteiger partial charge is 0.388 e. The van der Waals surface area contributed by atoms with Crippen molar-refractivity contribution in [2.45, 2.75) is 18.4 Å². The molecule has 0 aliphatic heterocycles. The molecule has 0 saturated carbocycles. The Hall–Kier alpha value is -0.670. The number of benzene rings is 1. The largest absolute Gasteiger partial charge is 0.416 e. The highest BCUT2D eigenvalue weighted by Crippen LogP contribution is 2.43. The van der Waals surface area contributed by atoms with Crippen molar-refractivity contribution in [2.75, 3.05) is 0 Å². The SMILES string of the molecule is O=C1c2ccccc2C(O)C1C(OI)C(F)(F)F. The summed E-state index contributed by atoms with van der Waals surface area (Å²) in [5.74, 6) is -2.38. The van der Waals surface area contributed by atoms with Gasteiger partial charge in [0.2, 0.25) is 0 Å². The second-order valence-electron chi connectivity index (χ2n) is 3.97. The number of rotatable bonds is 2. The minimum atomic E-state index is -4.70. The van der Waals surface area contributed by atoms with E-state index in [2.05, 4.69) is 3.07 Å². The van der Waals surface area contributed by atoms with Gasteiger partial charge in [0.1, 0.15) is 23.0 Å². The first kappa shape index (κ1) is 13.8. The standard InChI is InChI=1S/C11H8F3IO3/c12-11(13,14)10(18-15)7-8(16)5-3-1-2-4-6(5)9(7)17/h1-4,7-8,10,16H. The molecular weight excluding hydrogens is 364 g/mol. The van der Waals surface area contributed by atoms with Gasteiger partial charge >= 0.3 is 6.18 Å². The maximum absolute atomic E-state index is 12.7. The first-order valence-corrected chi connectivity index (χ1v) is 5.91. The lowest BCUT2D eigenvalue weighted by molar-refractivity contribution is -0.203. The van der Waals surface area contributed by atoms with E-state index < -0.39 is 30.1 Å². The Labute approximate surface area is 115 Å². The summed E-state index contributed by atoms with van der Waals surface area (Å²) in [5.41, 5.74) is 0.341. The first-order chi connectivity index (χ1) is 8.38. The fourth-order valence-electron chi connectivity index (χ4n) is 2.11. The summed E-state index contributed by atoms with van der Waals surface area (Å²) in [6.45, 7) is 0. The summed E-state index contributed by atoms with van der Waals surface area (Å²) in [5, 5.41) is 9.87. The van der Waals surface area contributed by atoms with Crippen molar-refractivity contribution >= 4 is 28.8 Å². The third-order valence-corrected chi connectivity index (χ3v) is 3.48. The second kappa shape index (κ2) is 4.78. The molecule has 0 aromatic heterocycles. The second-order valence-corrected chi connectivity index (χ2v) is 4.48. The van der Waals surface area contributed by atoms with Crippen LogP contribution in [-0.4, -0.2) is 23.2 Å². The molecule has 18 heavy (non-hydrogen) atoms. The van der Waals surface area contributed by atoms with Crippen LogP contribution in [0.1, 0.15) is 22.0 Å². The molecule has 2 rings (SSSR count). The van der Waals surface area contributed by atoms with Crippen LogP contribution >= 0.6 is 23.0 Å². The van der Waals surface area contributed by atoms with Crippen LogP contribution in [0.3, 0.4) is 0 Å². The molecule has 0 radical (unpaired) electrons. The molecule has 3 atom stereocenters. The predicted molar refractivity (Wildman–Crippen MR) is 64.2 cm³/mol. The van der Waals surface area contributed by atoms with Gasteiger partial charge in [-0.15, -0.1) is 0 Å². The van der Waals surface area contributed by atoms with E-state index in [1.807, 2.05) is 0 Å². The van der Waals surface area contributed by atoms with Crippen LogP contribution in [0.15, 0.2) is 24.3 Å². The summed E-state index contributed by atoms with van der Waals surface area (Å²) in [6.07, 6.45) is -8.51. The lowest BCUT2D eigenvalue weighted by Crippen LogP contribution is -2.40. The average molecular weight is 372 g/mol. The molecule has 3 nitrogen and oxygen atoms in total. The number of carbonyl (C=O) groups is 1. The maximum atomic E-state index is 12.7. The van der Waals surface area contributed by atoms with Crippen molar-refractivity contribution in [1.29, 1.82) is 0 Å². The van der Waals surface area contributed by atoms with Crippen LogP contribution in [0.2, 0.25) is 0 Å². The normalized spacial score (nSPS) is 25.1. The quantitative estimate of drug-likeness (QED) is 0.813. The monoisotopic (exact) mass is 372 g/mol. The number of carbonyl (C=O) groups excluding carboxylic acids is 1. The third-order valence-electron chi connectivity index (χ3n) is 2.93. The van der Waals surface area contributed by atoms with Crippen molar-refractivity contribution in [3.05, 3.63) is 35.4 Å². The van der Waals surface area contributed by atoms with Gasteiger partial charge in [-0.05, 0) is 5.56 Å². The molecule has 0 amide bonds. The zero-order valence-electron chi connectivity index (χ0n) is 8.82.